The normalized spacial score (nSPS) is 32.1. The van der Waals surface area contributed by atoms with E-state index in [-0.39, 0.29) is 38.5 Å². The number of hydrogen-bond acceptors (Lipinski definition) is 7. The van der Waals surface area contributed by atoms with E-state index >= 15 is 0 Å². The lowest BCUT2D eigenvalue weighted by atomic mass is 9.73. The molecule has 0 amide bonds. The molecule has 160 valence electrons. The minimum atomic E-state index is -1.31. The summed E-state index contributed by atoms with van der Waals surface area (Å²) in [5.74, 6) is -10.9. The second kappa shape index (κ2) is 9.67. The Labute approximate surface area is 175 Å². The number of ether oxygens (including phenoxy) is 1. The monoisotopic (exact) mass is 450 g/mol. The van der Waals surface area contributed by atoms with E-state index in [0.29, 0.717) is 0 Å². The van der Waals surface area contributed by atoms with Crippen LogP contribution in [0.4, 0.5) is 0 Å². The summed E-state index contributed by atoms with van der Waals surface area (Å²) in [6, 6.07) is 0. The van der Waals surface area contributed by atoms with Gasteiger partial charge in [-0.15, -0.1) is 0 Å². The standard InChI is InChI=1S/C18H20Cl2O9/c19-13(21)7-1-3-9(11(5-7)15(23)24)17(27)29-18(28)10-4-2-8(14(20)22)6-12(10)16(25)26/h7-12H,1-6H2,(H,23,24)(H,25,26). The highest BCUT2D eigenvalue weighted by Gasteiger charge is 2.46. The maximum atomic E-state index is 12.4. The van der Waals surface area contributed by atoms with Gasteiger partial charge in [-0.05, 0) is 61.7 Å². The number of esters is 2. The molecule has 9 nitrogen and oxygen atoms in total. The zero-order valence-electron chi connectivity index (χ0n) is 15.2. The van der Waals surface area contributed by atoms with Crippen molar-refractivity contribution in [3.05, 3.63) is 0 Å². The molecule has 0 heterocycles. The Balaban J connectivity index is 2.08. The van der Waals surface area contributed by atoms with E-state index in [2.05, 4.69) is 0 Å². The first-order valence-corrected chi connectivity index (χ1v) is 9.88. The average Bonchev–Trinajstić information content (AvgIpc) is 2.66. The van der Waals surface area contributed by atoms with Crippen molar-refractivity contribution in [1.82, 2.24) is 0 Å². The number of halogens is 2. The van der Waals surface area contributed by atoms with Gasteiger partial charge in [-0.2, -0.15) is 0 Å². The highest BCUT2D eigenvalue weighted by atomic mass is 35.5. The molecule has 2 fully saturated rings. The van der Waals surface area contributed by atoms with Crippen LogP contribution >= 0.6 is 23.2 Å². The highest BCUT2D eigenvalue weighted by Crippen LogP contribution is 2.38. The van der Waals surface area contributed by atoms with Crippen molar-refractivity contribution in [2.45, 2.75) is 38.5 Å². The SMILES string of the molecule is O=C(Cl)C1CCC(C(=O)OC(=O)C2CCC(C(=O)Cl)CC2C(=O)O)C(C(=O)O)C1. The number of hydrogen-bond donors (Lipinski definition) is 2. The molecule has 6 atom stereocenters. The minimum Gasteiger partial charge on any atom is -0.481 e. The molecule has 2 aliphatic carbocycles. The number of carbonyl (C=O) groups is 6. The third-order valence-electron chi connectivity index (χ3n) is 5.78. The first kappa shape index (κ1) is 23.3. The van der Waals surface area contributed by atoms with Crippen molar-refractivity contribution in [2.24, 2.45) is 35.5 Å². The van der Waals surface area contributed by atoms with Crippen molar-refractivity contribution in [1.29, 1.82) is 0 Å². The van der Waals surface area contributed by atoms with Gasteiger partial charge in [0.15, 0.2) is 0 Å². The van der Waals surface area contributed by atoms with Crippen LogP contribution in [0.15, 0.2) is 0 Å². The second-order valence-corrected chi connectivity index (χ2v) is 8.22. The fourth-order valence-electron chi connectivity index (χ4n) is 4.11. The lowest BCUT2D eigenvalue weighted by Crippen LogP contribution is -2.42. The van der Waals surface area contributed by atoms with Crippen LogP contribution in [0, 0.1) is 35.5 Å². The van der Waals surface area contributed by atoms with Gasteiger partial charge in [-0.3, -0.25) is 28.8 Å². The van der Waals surface area contributed by atoms with Crippen LogP contribution in [0.3, 0.4) is 0 Å². The topological polar surface area (TPSA) is 152 Å². The first-order chi connectivity index (χ1) is 13.5. The molecule has 0 radical (unpaired) electrons. The Morgan fingerprint density at radius 1 is 0.621 bits per heavy atom. The fraction of sp³-hybridized carbons (Fsp3) is 0.667. The highest BCUT2D eigenvalue weighted by molar-refractivity contribution is 6.64. The number of carbonyl (C=O) groups excluding carboxylic acids is 4. The van der Waals surface area contributed by atoms with Gasteiger partial charge >= 0.3 is 23.9 Å². The van der Waals surface area contributed by atoms with Crippen LogP contribution in [0.2, 0.25) is 0 Å². The lowest BCUT2D eigenvalue weighted by molar-refractivity contribution is -0.175. The molecule has 0 spiro atoms. The van der Waals surface area contributed by atoms with Gasteiger partial charge in [0, 0.05) is 11.8 Å². The molecule has 2 N–H and O–H groups in total. The molecule has 2 aliphatic rings. The quantitative estimate of drug-likeness (QED) is 0.350. The van der Waals surface area contributed by atoms with Gasteiger partial charge in [0.1, 0.15) is 0 Å². The first-order valence-electron chi connectivity index (χ1n) is 9.12. The molecule has 0 aromatic heterocycles. The summed E-state index contributed by atoms with van der Waals surface area (Å²) in [5, 5.41) is 17.4. The molecule has 2 rings (SSSR count). The summed E-state index contributed by atoms with van der Waals surface area (Å²) in [7, 11) is 0. The third kappa shape index (κ3) is 5.54. The Bertz CT molecular complexity index is 675. The molecule has 11 heteroatoms. The Kier molecular flexibility index (Phi) is 7.76. The minimum absolute atomic E-state index is 0.00204. The fourth-order valence-corrected chi connectivity index (χ4v) is 4.51. The van der Waals surface area contributed by atoms with Gasteiger partial charge in [0.2, 0.25) is 10.5 Å². The molecule has 6 unspecified atom stereocenters. The van der Waals surface area contributed by atoms with Crippen molar-refractivity contribution in [3.8, 4) is 0 Å². The number of aliphatic carboxylic acids is 2. The predicted molar refractivity (Wildman–Crippen MR) is 96.7 cm³/mol. The predicted octanol–water partition coefficient (Wildman–Crippen LogP) is 1.82. The smallest absolute Gasteiger partial charge is 0.317 e. The van der Waals surface area contributed by atoms with E-state index < -0.39 is 69.9 Å². The molecular formula is C18H20Cl2O9. The lowest BCUT2D eigenvalue weighted by Gasteiger charge is -2.32. The molecule has 0 saturated heterocycles. The molecule has 0 aliphatic heterocycles. The van der Waals surface area contributed by atoms with Crippen molar-refractivity contribution < 1.29 is 43.7 Å². The van der Waals surface area contributed by atoms with Crippen molar-refractivity contribution >= 4 is 57.6 Å². The summed E-state index contributed by atoms with van der Waals surface area (Å²) < 4.78 is 4.84. The van der Waals surface area contributed by atoms with Gasteiger partial charge in [0.05, 0.1) is 23.7 Å². The van der Waals surface area contributed by atoms with Crippen LogP contribution in [0.25, 0.3) is 0 Å². The molecular weight excluding hydrogens is 431 g/mol. The zero-order valence-corrected chi connectivity index (χ0v) is 16.7. The van der Waals surface area contributed by atoms with E-state index in [1.54, 1.807) is 0 Å². The van der Waals surface area contributed by atoms with Crippen LogP contribution in [-0.2, 0) is 33.5 Å². The Morgan fingerprint density at radius 3 is 1.24 bits per heavy atom. The third-order valence-corrected chi connectivity index (χ3v) is 6.40. The second-order valence-electron chi connectivity index (χ2n) is 7.47. The zero-order chi connectivity index (χ0) is 21.9. The average molecular weight is 451 g/mol. The van der Waals surface area contributed by atoms with Crippen LogP contribution < -0.4 is 0 Å². The van der Waals surface area contributed by atoms with Crippen molar-refractivity contribution in [2.75, 3.05) is 0 Å². The number of carboxylic acid groups (broad SMARTS) is 2. The molecule has 0 aromatic carbocycles. The molecule has 2 saturated carbocycles. The van der Waals surface area contributed by atoms with E-state index in [9.17, 15) is 39.0 Å². The summed E-state index contributed by atoms with van der Waals surface area (Å²) in [6.45, 7) is 0. The van der Waals surface area contributed by atoms with E-state index in [0.717, 1.165) is 0 Å². The van der Waals surface area contributed by atoms with Gasteiger partial charge in [-0.25, -0.2) is 0 Å². The summed E-state index contributed by atoms with van der Waals surface area (Å²) in [4.78, 5) is 70.5. The summed E-state index contributed by atoms with van der Waals surface area (Å²) >= 11 is 10.9. The van der Waals surface area contributed by atoms with Crippen LogP contribution in [-0.4, -0.2) is 44.6 Å². The van der Waals surface area contributed by atoms with Crippen LogP contribution in [0.5, 0.6) is 0 Å². The van der Waals surface area contributed by atoms with Gasteiger partial charge in [-0.1, -0.05) is 0 Å². The van der Waals surface area contributed by atoms with Crippen molar-refractivity contribution in [3.63, 3.8) is 0 Å². The summed E-state index contributed by atoms with van der Waals surface area (Å²) in [6.07, 6.45) is 0.0737. The van der Waals surface area contributed by atoms with E-state index in [1.807, 2.05) is 0 Å². The molecule has 0 bridgehead atoms. The maximum Gasteiger partial charge on any atom is 0.317 e. The number of carboxylic acids is 2. The Morgan fingerprint density at radius 2 is 0.966 bits per heavy atom. The summed E-state index contributed by atoms with van der Waals surface area (Å²) in [5.41, 5.74) is 0. The number of rotatable bonds is 6. The van der Waals surface area contributed by atoms with Gasteiger partial charge < -0.3 is 14.9 Å². The Hall–Kier alpha value is -2.00. The molecule has 0 aromatic rings. The van der Waals surface area contributed by atoms with Crippen LogP contribution in [0.1, 0.15) is 38.5 Å². The van der Waals surface area contributed by atoms with E-state index in [1.165, 1.54) is 0 Å². The maximum absolute atomic E-state index is 12.4. The van der Waals surface area contributed by atoms with Gasteiger partial charge in [0.25, 0.3) is 0 Å². The van der Waals surface area contributed by atoms with E-state index in [4.69, 9.17) is 27.9 Å². The largest absolute Gasteiger partial charge is 0.481 e. The molecule has 29 heavy (non-hydrogen) atoms.